The molecule has 0 aliphatic rings. The third kappa shape index (κ3) is 2.99. The topological polar surface area (TPSA) is 112 Å². The van der Waals surface area contributed by atoms with E-state index in [4.69, 9.17) is 15.2 Å². The summed E-state index contributed by atoms with van der Waals surface area (Å²) >= 11 is 0. The van der Waals surface area contributed by atoms with Crippen LogP contribution in [-0.4, -0.2) is 45.9 Å². The molecule has 8 heteroatoms. The number of nitrogens with two attached hydrogens (primary N) is 1. The van der Waals surface area contributed by atoms with E-state index in [0.29, 0.717) is 27.9 Å². The van der Waals surface area contributed by atoms with E-state index in [9.17, 15) is 9.90 Å². The lowest BCUT2D eigenvalue weighted by Crippen LogP contribution is -2.12. The van der Waals surface area contributed by atoms with Gasteiger partial charge in [-0.05, 0) is 24.3 Å². The van der Waals surface area contributed by atoms with Gasteiger partial charge < -0.3 is 20.3 Å². The molecule has 0 bridgehead atoms. The fourth-order valence-electron chi connectivity index (χ4n) is 3.05. The highest BCUT2D eigenvalue weighted by Gasteiger charge is 2.26. The molecule has 0 saturated carbocycles. The maximum absolute atomic E-state index is 12.7. The molecular weight excluding hydrogens is 360 g/mol. The Balaban J connectivity index is 1.98. The number of aromatic nitrogens is 3. The van der Waals surface area contributed by atoms with Gasteiger partial charge in [-0.1, -0.05) is 18.2 Å². The largest absolute Gasteiger partial charge is 0.508 e. The average Bonchev–Trinajstić information content (AvgIpc) is 2.97. The van der Waals surface area contributed by atoms with Crippen LogP contribution in [0.25, 0.3) is 27.9 Å². The molecule has 0 fully saturated rings. The Bertz CT molecular complexity index is 1190. The van der Waals surface area contributed by atoms with Crippen LogP contribution in [0.2, 0.25) is 0 Å². The third-order valence-electron chi connectivity index (χ3n) is 4.31. The highest BCUT2D eigenvalue weighted by atomic mass is 16.6. The predicted octanol–water partition coefficient (Wildman–Crippen LogP) is 2.66. The minimum atomic E-state index is -0.608. The van der Waals surface area contributed by atoms with Crippen molar-refractivity contribution in [2.24, 2.45) is 0 Å². The summed E-state index contributed by atoms with van der Waals surface area (Å²) in [7, 11) is 1.52. The number of aromatic hydroxyl groups is 1. The predicted molar refractivity (Wildman–Crippen MR) is 105 cm³/mol. The van der Waals surface area contributed by atoms with Gasteiger partial charge in [-0.3, -0.25) is 4.57 Å². The zero-order chi connectivity index (χ0) is 19.7. The van der Waals surface area contributed by atoms with E-state index in [0.717, 1.165) is 0 Å². The van der Waals surface area contributed by atoms with Crippen molar-refractivity contribution in [1.82, 2.24) is 14.5 Å². The number of rotatable bonds is 5. The lowest BCUT2D eigenvalue weighted by atomic mass is 10.2. The Labute approximate surface area is 160 Å². The molecule has 8 nitrogen and oxygen atoms in total. The van der Waals surface area contributed by atoms with Gasteiger partial charge in [0.05, 0.1) is 23.3 Å². The molecular formula is C20H18N4O4. The number of para-hydroxylation sites is 2. The fourth-order valence-corrected chi connectivity index (χ4v) is 3.05. The summed E-state index contributed by atoms with van der Waals surface area (Å²) in [5.74, 6) is -0.405. The van der Waals surface area contributed by atoms with Gasteiger partial charge in [-0.2, -0.15) is 0 Å². The summed E-state index contributed by atoms with van der Waals surface area (Å²) in [5, 5.41) is 9.87. The number of phenolic OH excluding ortho intramolecular Hbond substituents is 1. The van der Waals surface area contributed by atoms with Gasteiger partial charge in [0.2, 0.25) is 0 Å². The number of hydrogen-bond acceptors (Lipinski definition) is 7. The molecule has 2 heterocycles. The maximum atomic E-state index is 12.7. The molecule has 0 radical (unpaired) electrons. The third-order valence-corrected chi connectivity index (χ3v) is 4.31. The quantitative estimate of drug-likeness (QED) is 0.405. The molecule has 2 aromatic carbocycles. The van der Waals surface area contributed by atoms with Crippen LogP contribution in [0.5, 0.6) is 5.75 Å². The van der Waals surface area contributed by atoms with Crippen LogP contribution in [0.1, 0.15) is 10.4 Å². The second-order valence-electron chi connectivity index (χ2n) is 6.13. The minimum Gasteiger partial charge on any atom is -0.508 e. The van der Waals surface area contributed by atoms with Crippen LogP contribution in [0.15, 0.2) is 48.5 Å². The number of carbonyl (C=O) groups excluding carboxylic acids is 1. The second kappa shape index (κ2) is 7.16. The molecule has 4 aromatic rings. The first kappa shape index (κ1) is 17.7. The van der Waals surface area contributed by atoms with E-state index in [-0.39, 0.29) is 30.3 Å². The van der Waals surface area contributed by atoms with Crippen LogP contribution in [0.3, 0.4) is 0 Å². The van der Waals surface area contributed by atoms with Crippen molar-refractivity contribution in [3.63, 3.8) is 0 Å². The Kier molecular flexibility index (Phi) is 4.54. The molecule has 0 aliphatic carbocycles. The van der Waals surface area contributed by atoms with Crippen molar-refractivity contribution in [2.45, 2.75) is 0 Å². The van der Waals surface area contributed by atoms with Gasteiger partial charge in [0, 0.05) is 13.2 Å². The molecule has 4 rings (SSSR count). The molecule has 142 valence electrons. The molecule has 0 unspecified atom stereocenters. The maximum Gasteiger partial charge on any atom is 0.344 e. The number of carbonyl (C=O) groups is 1. The van der Waals surface area contributed by atoms with Gasteiger partial charge in [0.25, 0.3) is 0 Å². The molecule has 0 saturated heterocycles. The standard InChI is InChI=1S/C20H18N4O4/c1-27-9-10-28-20(26)16-17-19(23-15-8-3-2-7-14(15)22-17)24(18(16)21)12-5-4-6-13(25)11-12/h2-8,11,25H,9-10,21H2,1H3. The number of anilines is 1. The highest BCUT2D eigenvalue weighted by molar-refractivity contribution is 6.09. The van der Waals surface area contributed by atoms with Crippen molar-refractivity contribution >= 4 is 34.0 Å². The SMILES string of the molecule is COCCOC(=O)c1c(N)n(-c2cccc(O)c2)c2nc3ccccc3nc12. The van der Waals surface area contributed by atoms with Gasteiger partial charge in [-0.25, -0.2) is 14.8 Å². The Morgan fingerprint density at radius 1 is 1.11 bits per heavy atom. The van der Waals surface area contributed by atoms with E-state index in [1.165, 1.54) is 13.2 Å². The molecule has 0 spiro atoms. The lowest BCUT2D eigenvalue weighted by molar-refractivity contribution is 0.0391. The summed E-state index contributed by atoms with van der Waals surface area (Å²) in [6, 6.07) is 13.9. The second-order valence-corrected chi connectivity index (χ2v) is 6.13. The van der Waals surface area contributed by atoms with E-state index < -0.39 is 5.97 Å². The molecule has 0 atom stereocenters. The summed E-state index contributed by atoms with van der Waals surface area (Å²) in [5.41, 5.74) is 9.06. The smallest absolute Gasteiger partial charge is 0.344 e. The summed E-state index contributed by atoms with van der Waals surface area (Å²) in [6.07, 6.45) is 0. The van der Waals surface area contributed by atoms with Crippen molar-refractivity contribution in [1.29, 1.82) is 0 Å². The monoisotopic (exact) mass is 378 g/mol. The van der Waals surface area contributed by atoms with Crippen molar-refractivity contribution in [3.8, 4) is 11.4 Å². The van der Waals surface area contributed by atoms with Crippen LogP contribution < -0.4 is 5.73 Å². The number of hydrogen-bond donors (Lipinski definition) is 2. The number of ether oxygens (including phenoxy) is 2. The van der Waals surface area contributed by atoms with Crippen molar-refractivity contribution < 1.29 is 19.4 Å². The van der Waals surface area contributed by atoms with E-state index in [2.05, 4.69) is 9.97 Å². The van der Waals surface area contributed by atoms with Crippen molar-refractivity contribution in [2.75, 3.05) is 26.1 Å². The van der Waals surface area contributed by atoms with Gasteiger partial charge in [0.15, 0.2) is 5.65 Å². The van der Waals surface area contributed by atoms with Gasteiger partial charge in [-0.15, -0.1) is 0 Å². The van der Waals surface area contributed by atoms with E-state index in [1.807, 2.05) is 24.3 Å². The fraction of sp³-hybridized carbons (Fsp3) is 0.150. The first-order valence-electron chi connectivity index (χ1n) is 8.62. The Morgan fingerprint density at radius 3 is 2.57 bits per heavy atom. The van der Waals surface area contributed by atoms with Crippen LogP contribution in [0, 0.1) is 0 Å². The number of nitrogen functional groups attached to an aromatic ring is 1. The molecule has 0 aliphatic heterocycles. The van der Waals surface area contributed by atoms with Crippen LogP contribution >= 0.6 is 0 Å². The minimum absolute atomic E-state index is 0.0664. The number of phenols is 1. The normalized spacial score (nSPS) is 11.2. The van der Waals surface area contributed by atoms with E-state index >= 15 is 0 Å². The van der Waals surface area contributed by atoms with Gasteiger partial charge in [0.1, 0.15) is 29.3 Å². The van der Waals surface area contributed by atoms with E-state index in [1.54, 1.807) is 22.8 Å². The molecule has 0 amide bonds. The molecule has 2 aromatic heterocycles. The van der Waals surface area contributed by atoms with Crippen molar-refractivity contribution in [3.05, 3.63) is 54.1 Å². The summed E-state index contributed by atoms with van der Waals surface area (Å²) < 4.78 is 11.8. The zero-order valence-corrected chi connectivity index (χ0v) is 15.1. The average molecular weight is 378 g/mol. The van der Waals surface area contributed by atoms with Gasteiger partial charge >= 0.3 is 5.97 Å². The number of methoxy groups -OCH3 is 1. The number of nitrogens with zero attached hydrogens (tertiary/aromatic N) is 3. The summed E-state index contributed by atoms with van der Waals surface area (Å²) in [4.78, 5) is 22.0. The van der Waals surface area contributed by atoms with Crippen LogP contribution in [0.4, 0.5) is 5.82 Å². The number of benzene rings is 2. The lowest BCUT2D eigenvalue weighted by Gasteiger charge is -2.08. The molecule has 3 N–H and O–H groups in total. The Morgan fingerprint density at radius 2 is 1.86 bits per heavy atom. The Hall–Kier alpha value is -3.65. The highest BCUT2D eigenvalue weighted by Crippen LogP contribution is 2.32. The first-order valence-corrected chi connectivity index (χ1v) is 8.62. The number of esters is 1. The van der Waals surface area contributed by atoms with Crippen LogP contribution in [-0.2, 0) is 9.47 Å². The zero-order valence-electron chi connectivity index (χ0n) is 15.1. The number of fused-ring (bicyclic) bond motifs is 2. The molecule has 28 heavy (non-hydrogen) atoms. The first-order chi connectivity index (χ1) is 13.6. The summed E-state index contributed by atoms with van der Waals surface area (Å²) in [6.45, 7) is 0.361.